The van der Waals surface area contributed by atoms with E-state index in [1.165, 1.54) is 0 Å². The summed E-state index contributed by atoms with van der Waals surface area (Å²) in [6.07, 6.45) is -0.0590. The van der Waals surface area contributed by atoms with Crippen molar-refractivity contribution in [3.05, 3.63) is 0 Å². The van der Waals surface area contributed by atoms with Gasteiger partial charge >= 0.3 is 0 Å². The summed E-state index contributed by atoms with van der Waals surface area (Å²) in [6.45, 7) is 3.65. The Bertz CT molecular complexity index is 108. The van der Waals surface area contributed by atoms with Crippen LogP contribution in [0.2, 0.25) is 0 Å². The highest BCUT2D eigenvalue weighted by Gasteiger charge is 2.66. The van der Waals surface area contributed by atoms with Crippen LogP contribution in [-0.4, -0.2) is 24.4 Å². The normalized spacial score (nSPS) is 48.8. The molecule has 0 bridgehead atoms. The fourth-order valence-corrected chi connectivity index (χ4v) is 1.44. The number of aliphatic hydroxyl groups is 1. The molecule has 1 heterocycles. The Morgan fingerprint density at radius 3 is 2.12 bits per heavy atom. The molecule has 2 fully saturated rings. The van der Waals surface area contributed by atoms with Crippen LogP contribution in [0.15, 0.2) is 0 Å². The van der Waals surface area contributed by atoms with Crippen molar-refractivity contribution in [3.63, 3.8) is 0 Å². The minimum atomic E-state index is -0.0590. The Kier molecular flexibility index (Phi) is 0.649. The minimum absolute atomic E-state index is 0.0590. The van der Waals surface area contributed by atoms with E-state index in [-0.39, 0.29) is 11.5 Å². The molecule has 0 amide bonds. The van der Waals surface area contributed by atoms with E-state index in [0.717, 1.165) is 13.2 Å². The first kappa shape index (κ1) is 4.77. The molecule has 2 aliphatic rings. The Balaban J connectivity index is 2.09. The van der Waals surface area contributed by atoms with Crippen molar-refractivity contribution in [1.29, 1.82) is 0 Å². The van der Waals surface area contributed by atoms with E-state index in [9.17, 15) is 0 Å². The maximum absolute atomic E-state index is 9.13. The summed E-state index contributed by atoms with van der Waals surface area (Å²) in [7, 11) is 0. The van der Waals surface area contributed by atoms with Crippen LogP contribution in [0, 0.1) is 11.3 Å². The van der Waals surface area contributed by atoms with Gasteiger partial charge in [-0.3, -0.25) is 0 Å². The molecule has 46 valence electrons. The fourth-order valence-electron chi connectivity index (χ4n) is 1.44. The van der Waals surface area contributed by atoms with Crippen LogP contribution in [0.5, 0.6) is 0 Å². The van der Waals surface area contributed by atoms with Crippen LogP contribution in [-0.2, 0) is 4.74 Å². The quantitative estimate of drug-likeness (QED) is 0.481. The lowest BCUT2D eigenvalue weighted by Crippen LogP contribution is -2.33. The largest absolute Gasteiger partial charge is 0.392 e. The van der Waals surface area contributed by atoms with E-state index in [0.29, 0.717) is 5.92 Å². The zero-order valence-electron chi connectivity index (χ0n) is 4.92. The third-order valence-electron chi connectivity index (χ3n) is 2.60. The maximum Gasteiger partial charge on any atom is 0.0677 e. The average molecular weight is 114 g/mol. The highest BCUT2D eigenvalue weighted by molar-refractivity contribution is 5.13. The molecule has 1 aliphatic carbocycles. The van der Waals surface area contributed by atoms with Gasteiger partial charge < -0.3 is 9.84 Å². The van der Waals surface area contributed by atoms with Gasteiger partial charge in [0.2, 0.25) is 0 Å². The van der Waals surface area contributed by atoms with Crippen molar-refractivity contribution in [2.45, 2.75) is 13.0 Å². The molecule has 2 nitrogen and oxygen atoms in total. The van der Waals surface area contributed by atoms with Gasteiger partial charge in [-0.2, -0.15) is 0 Å². The van der Waals surface area contributed by atoms with Gasteiger partial charge in [-0.05, 0) is 5.92 Å². The zero-order chi connectivity index (χ0) is 5.78. The summed E-state index contributed by atoms with van der Waals surface area (Å²) in [6, 6.07) is 0. The second kappa shape index (κ2) is 1.09. The van der Waals surface area contributed by atoms with Gasteiger partial charge in [0.25, 0.3) is 0 Å². The first-order valence-electron chi connectivity index (χ1n) is 3.03. The average Bonchev–Trinajstić information content (AvgIpc) is 2.10. The van der Waals surface area contributed by atoms with Crippen molar-refractivity contribution in [1.82, 2.24) is 0 Å². The summed E-state index contributed by atoms with van der Waals surface area (Å²) in [5.41, 5.74) is 0.222. The van der Waals surface area contributed by atoms with E-state index in [2.05, 4.69) is 6.92 Å². The van der Waals surface area contributed by atoms with E-state index in [4.69, 9.17) is 9.84 Å². The minimum Gasteiger partial charge on any atom is -0.392 e. The molecular weight excluding hydrogens is 104 g/mol. The first-order chi connectivity index (χ1) is 3.77. The summed E-state index contributed by atoms with van der Waals surface area (Å²) < 4.78 is 4.98. The number of ether oxygens (including phenoxy) is 1. The highest BCUT2D eigenvalue weighted by atomic mass is 16.5. The van der Waals surface area contributed by atoms with Crippen molar-refractivity contribution in [2.24, 2.45) is 11.3 Å². The summed E-state index contributed by atoms with van der Waals surface area (Å²) in [5, 5.41) is 9.13. The molecule has 2 heteroatoms. The van der Waals surface area contributed by atoms with Crippen molar-refractivity contribution < 1.29 is 9.84 Å². The second-order valence-electron chi connectivity index (χ2n) is 2.96. The molecule has 0 aromatic rings. The topological polar surface area (TPSA) is 29.5 Å². The van der Waals surface area contributed by atoms with Crippen LogP contribution >= 0.6 is 0 Å². The van der Waals surface area contributed by atoms with Gasteiger partial charge in [0.05, 0.1) is 19.3 Å². The Hall–Kier alpha value is -0.0800. The van der Waals surface area contributed by atoms with Crippen LogP contribution in [0.25, 0.3) is 0 Å². The number of aliphatic hydroxyl groups excluding tert-OH is 1. The van der Waals surface area contributed by atoms with Crippen molar-refractivity contribution in [3.8, 4) is 0 Å². The third kappa shape index (κ3) is 0.298. The SMILES string of the molecule is CC1C(O)C12COC2. The van der Waals surface area contributed by atoms with E-state index >= 15 is 0 Å². The van der Waals surface area contributed by atoms with E-state index in [1.54, 1.807) is 0 Å². The molecule has 1 spiro atoms. The Morgan fingerprint density at radius 2 is 2.12 bits per heavy atom. The predicted molar refractivity (Wildman–Crippen MR) is 28.4 cm³/mol. The smallest absolute Gasteiger partial charge is 0.0677 e. The lowest BCUT2D eigenvalue weighted by Gasteiger charge is -2.26. The molecule has 1 saturated carbocycles. The Morgan fingerprint density at radius 1 is 1.62 bits per heavy atom. The van der Waals surface area contributed by atoms with E-state index in [1.807, 2.05) is 0 Å². The number of hydrogen-bond acceptors (Lipinski definition) is 2. The van der Waals surface area contributed by atoms with Crippen LogP contribution in [0.3, 0.4) is 0 Å². The lowest BCUT2D eigenvalue weighted by molar-refractivity contribution is -0.0747. The third-order valence-corrected chi connectivity index (χ3v) is 2.60. The molecular formula is C6H10O2. The molecule has 2 unspecified atom stereocenters. The standard InChI is InChI=1S/C6H10O2/c1-4-5(7)6(4)2-8-3-6/h4-5,7H,2-3H2,1H3. The maximum atomic E-state index is 9.13. The zero-order valence-corrected chi connectivity index (χ0v) is 4.92. The van der Waals surface area contributed by atoms with Crippen molar-refractivity contribution >= 4 is 0 Å². The fraction of sp³-hybridized carbons (Fsp3) is 1.00. The van der Waals surface area contributed by atoms with E-state index < -0.39 is 0 Å². The van der Waals surface area contributed by atoms with Crippen LogP contribution in [0.4, 0.5) is 0 Å². The van der Waals surface area contributed by atoms with Gasteiger partial charge in [-0.25, -0.2) is 0 Å². The lowest BCUT2D eigenvalue weighted by atomic mass is 10.0. The molecule has 0 aromatic heterocycles. The predicted octanol–water partition coefficient (Wildman–Crippen LogP) is 0.0136. The number of rotatable bonds is 0. The molecule has 8 heavy (non-hydrogen) atoms. The first-order valence-corrected chi connectivity index (χ1v) is 3.03. The van der Waals surface area contributed by atoms with Crippen molar-refractivity contribution in [2.75, 3.05) is 13.2 Å². The molecule has 0 aromatic carbocycles. The molecule has 2 rings (SSSR count). The van der Waals surface area contributed by atoms with Gasteiger partial charge in [0, 0.05) is 5.41 Å². The summed E-state index contributed by atoms with van der Waals surface area (Å²) in [5.74, 6) is 0.497. The molecule has 1 aliphatic heterocycles. The van der Waals surface area contributed by atoms with Crippen LogP contribution < -0.4 is 0 Å². The molecule has 2 atom stereocenters. The van der Waals surface area contributed by atoms with Gasteiger partial charge in [-0.15, -0.1) is 0 Å². The monoisotopic (exact) mass is 114 g/mol. The Labute approximate surface area is 48.5 Å². The van der Waals surface area contributed by atoms with Gasteiger partial charge in [0.1, 0.15) is 0 Å². The molecule has 0 radical (unpaired) electrons. The molecule has 1 N–H and O–H groups in total. The molecule has 1 saturated heterocycles. The van der Waals surface area contributed by atoms with Gasteiger partial charge in [0.15, 0.2) is 0 Å². The highest BCUT2D eigenvalue weighted by Crippen LogP contribution is 2.57. The second-order valence-corrected chi connectivity index (χ2v) is 2.96. The summed E-state index contributed by atoms with van der Waals surface area (Å²) >= 11 is 0. The van der Waals surface area contributed by atoms with Gasteiger partial charge in [-0.1, -0.05) is 6.92 Å². The van der Waals surface area contributed by atoms with Crippen LogP contribution in [0.1, 0.15) is 6.92 Å². The summed E-state index contributed by atoms with van der Waals surface area (Å²) in [4.78, 5) is 0. The number of hydrogen-bond donors (Lipinski definition) is 1.